The lowest BCUT2D eigenvalue weighted by Gasteiger charge is -2.11. The van der Waals surface area contributed by atoms with E-state index < -0.39 is 0 Å². The zero-order valence-corrected chi connectivity index (χ0v) is 14.2. The van der Waals surface area contributed by atoms with Crippen LogP contribution in [0.2, 0.25) is 0 Å². The van der Waals surface area contributed by atoms with Crippen LogP contribution in [-0.4, -0.2) is 24.2 Å². The van der Waals surface area contributed by atoms with Gasteiger partial charge in [0, 0.05) is 11.1 Å². The second-order valence-corrected chi connectivity index (χ2v) is 5.30. The van der Waals surface area contributed by atoms with E-state index in [0.29, 0.717) is 22.9 Å². The molecule has 0 atom stereocenters. The van der Waals surface area contributed by atoms with Crippen molar-refractivity contribution in [2.45, 2.75) is 0 Å². The number of benzene rings is 2. The molecule has 0 unspecified atom stereocenters. The van der Waals surface area contributed by atoms with Gasteiger partial charge in [-0.2, -0.15) is 10.5 Å². The van der Waals surface area contributed by atoms with Crippen LogP contribution < -0.4 is 9.47 Å². The fourth-order valence-electron chi connectivity index (χ4n) is 2.49. The Bertz CT molecular complexity index is 929. The van der Waals surface area contributed by atoms with Gasteiger partial charge in [-0.3, -0.25) is 0 Å². The zero-order valence-electron chi connectivity index (χ0n) is 14.2. The van der Waals surface area contributed by atoms with E-state index in [1.165, 1.54) is 0 Å². The molecule has 0 aliphatic carbocycles. The number of nitriles is 2. The molecule has 2 aromatic carbocycles. The number of aromatic nitrogens is 2. The van der Waals surface area contributed by atoms with Crippen molar-refractivity contribution in [3.8, 4) is 46.2 Å². The van der Waals surface area contributed by atoms with Crippen molar-refractivity contribution in [3.05, 3.63) is 59.9 Å². The number of nitrogens with zero attached hydrogens (tertiary/aromatic N) is 4. The van der Waals surface area contributed by atoms with Gasteiger partial charge in [0.05, 0.1) is 25.6 Å². The Balaban J connectivity index is 2.23. The molecule has 0 radical (unpaired) electrons. The highest BCUT2D eigenvalue weighted by Crippen LogP contribution is 2.31. The Morgan fingerprint density at radius 1 is 0.654 bits per heavy atom. The van der Waals surface area contributed by atoms with E-state index in [9.17, 15) is 10.5 Å². The Kier molecular flexibility index (Phi) is 4.78. The minimum absolute atomic E-state index is 0.00409. The van der Waals surface area contributed by atoms with Crippen LogP contribution in [0.4, 0.5) is 0 Å². The van der Waals surface area contributed by atoms with Gasteiger partial charge < -0.3 is 9.47 Å². The predicted molar refractivity (Wildman–Crippen MR) is 95.4 cm³/mol. The van der Waals surface area contributed by atoms with Crippen LogP contribution in [0.5, 0.6) is 11.5 Å². The second-order valence-electron chi connectivity index (χ2n) is 5.30. The topological polar surface area (TPSA) is 91.8 Å². The smallest absolute Gasteiger partial charge is 0.177 e. The molecule has 6 nitrogen and oxygen atoms in total. The van der Waals surface area contributed by atoms with Crippen LogP contribution in [-0.2, 0) is 0 Å². The highest BCUT2D eigenvalue weighted by atomic mass is 16.5. The number of ether oxygens (including phenoxy) is 2. The minimum Gasteiger partial charge on any atom is -0.497 e. The van der Waals surface area contributed by atoms with E-state index in [4.69, 9.17) is 9.47 Å². The van der Waals surface area contributed by atoms with E-state index in [-0.39, 0.29) is 11.4 Å². The van der Waals surface area contributed by atoms with Crippen molar-refractivity contribution < 1.29 is 9.47 Å². The molecule has 3 aromatic rings. The van der Waals surface area contributed by atoms with E-state index in [1.54, 1.807) is 38.5 Å². The zero-order chi connectivity index (χ0) is 18.5. The van der Waals surface area contributed by atoms with E-state index in [0.717, 1.165) is 11.1 Å². The molecule has 0 bridgehead atoms. The Hall–Kier alpha value is -3.90. The fourth-order valence-corrected chi connectivity index (χ4v) is 2.49. The lowest BCUT2D eigenvalue weighted by atomic mass is 10.0. The first-order chi connectivity index (χ1) is 12.7. The summed E-state index contributed by atoms with van der Waals surface area (Å²) in [6, 6.07) is 18.4. The van der Waals surface area contributed by atoms with E-state index in [2.05, 4.69) is 9.97 Å². The molecule has 0 saturated carbocycles. The van der Waals surface area contributed by atoms with Gasteiger partial charge in [0.25, 0.3) is 0 Å². The Labute approximate surface area is 150 Å². The summed E-state index contributed by atoms with van der Waals surface area (Å²) in [5, 5.41) is 18.6. The van der Waals surface area contributed by atoms with Crippen LogP contribution in [0.15, 0.2) is 48.5 Å². The van der Waals surface area contributed by atoms with Gasteiger partial charge in [-0.25, -0.2) is 9.97 Å². The van der Waals surface area contributed by atoms with Crippen LogP contribution in [0.1, 0.15) is 11.4 Å². The van der Waals surface area contributed by atoms with Crippen molar-refractivity contribution in [2.24, 2.45) is 0 Å². The molecule has 0 spiro atoms. The van der Waals surface area contributed by atoms with E-state index in [1.807, 2.05) is 36.4 Å². The predicted octanol–water partition coefficient (Wildman–Crippen LogP) is 3.57. The molecule has 6 heteroatoms. The summed E-state index contributed by atoms with van der Waals surface area (Å²) in [4.78, 5) is 8.78. The minimum atomic E-state index is -0.00409. The molecule has 1 aromatic heterocycles. The van der Waals surface area contributed by atoms with Gasteiger partial charge >= 0.3 is 0 Å². The van der Waals surface area contributed by atoms with Crippen LogP contribution in [0, 0.1) is 22.7 Å². The van der Waals surface area contributed by atoms with Crippen molar-refractivity contribution in [2.75, 3.05) is 14.2 Å². The summed E-state index contributed by atoms with van der Waals surface area (Å²) in [6.07, 6.45) is 0. The Morgan fingerprint density at radius 2 is 1.00 bits per heavy atom. The maximum Gasteiger partial charge on any atom is 0.177 e. The molecule has 0 aliphatic heterocycles. The quantitative estimate of drug-likeness (QED) is 0.720. The number of hydrogen-bond acceptors (Lipinski definition) is 6. The average molecular weight is 342 g/mol. The number of rotatable bonds is 4. The maximum atomic E-state index is 9.29. The fraction of sp³-hybridized carbons (Fsp3) is 0.100. The molecule has 0 saturated heterocycles. The van der Waals surface area contributed by atoms with Gasteiger partial charge in [0.2, 0.25) is 0 Å². The van der Waals surface area contributed by atoms with Crippen molar-refractivity contribution in [3.63, 3.8) is 0 Å². The standard InChI is InChI=1S/C20H14N4O2/c1-25-15-7-3-13(4-8-15)19-20(14-5-9-16(26-2)10-6-14)24-18(12-22)17(11-21)23-19/h3-10H,1-2H3. The van der Waals surface area contributed by atoms with Gasteiger partial charge in [-0.1, -0.05) is 0 Å². The number of methoxy groups -OCH3 is 2. The molecular weight excluding hydrogens is 328 g/mol. The monoisotopic (exact) mass is 342 g/mol. The normalized spacial score (nSPS) is 9.85. The van der Waals surface area contributed by atoms with Crippen molar-refractivity contribution >= 4 is 0 Å². The first kappa shape index (κ1) is 16.9. The Morgan fingerprint density at radius 3 is 1.27 bits per heavy atom. The van der Waals surface area contributed by atoms with Gasteiger partial charge in [0.1, 0.15) is 23.6 Å². The summed E-state index contributed by atoms with van der Waals surface area (Å²) >= 11 is 0. The summed E-state index contributed by atoms with van der Waals surface area (Å²) in [6.45, 7) is 0. The largest absolute Gasteiger partial charge is 0.497 e. The summed E-state index contributed by atoms with van der Waals surface area (Å²) in [5.41, 5.74) is 2.57. The lowest BCUT2D eigenvalue weighted by molar-refractivity contribution is 0.414. The highest BCUT2D eigenvalue weighted by Gasteiger charge is 2.17. The van der Waals surface area contributed by atoms with Crippen LogP contribution >= 0.6 is 0 Å². The van der Waals surface area contributed by atoms with Crippen LogP contribution in [0.3, 0.4) is 0 Å². The third-order valence-corrected chi connectivity index (χ3v) is 3.83. The molecule has 3 rings (SSSR count). The summed E-state index contributed by atoms with van der Waals surface area (Å²) < 4.78 is 10.4. The molecule has 0 N–H and O–H groups in total. The molecule has 26 heavy (non-hydrogen) atoms. The molecule has 126 valence electrons. The number of hydrogen-bond donors (Lipinski definition) is 0. The molecule has 0 fully saturated rings. The second kappa shape index (κ2) is 7.33. The molecular formula is C20H14N4O2. The third kappa shape index (κ3) is 3.17. The SMILES string of the molecule is COc1ccc(-c2nc(C#N)c(C#N)nc2-c2ccc(OC)cc2)cc1. The van der Waals surface area contributed by atoms with Gasteiger partial charge in [0.15, 0.2) is 11.4 Å². The lowest BCUT2D eigenvalue weighted by Crippen LogP contribution is -2.01. The summed E-state index contributed by atoms with van der Waals surface area (Å²) in [7, 11) is 3.18. The first-order valence-electron chi connectivity index (χ1n) is 7.71. The molecule has 1 heterocycles. The van der Waals surface area contributed by atoms with Crippen LogP contribution in [0.25, 0.3) is 22.5 Å². The molecule has 0 aliphatic rings. The van der Waals surface area contributed by atoms with Crippen molar-refractivity contribution in [1.82, 2.24) is 9.97 Å². The van der Waals surface area contributed by atoms with Gasteiger partial charge in [-0.15, -0.1) is 0 Å². The third-order valence-electron chi connectivity index (χ3n) is 3.83. The highest BCUT2D eigenvalue weighted by molar-refractivity contribution is 5.79. The maximum absolute atomic E-state index is 9.29. The first-order valence-corrected chi connectivity index (χ1v) is 7.71. The molecule has 0 amide bonds. The van der Waals surface area contributed by atoms with Crippen molar-refractivity contribution in [1.29, 1.82) is 10.5 Å². The average Bonchev–Trinajstić information content (AvgIpc) is 2.73. The van der Waals surface area contributed by atoms with E-state index >= 15 is 0 Å². The van der Waals surface area contributed by atoms with Gasteiger partial charge in [-0.05, 0) is 48.5 Å². The summed E-state index contributed by atoms with van der Waals surface area (Å²) in [5.74, 6) is 1.42.